The van der Waals surface area contributed by atoms with Crippen LogP contribution in [-0.4, -0.2) is 11.1 Å². The van der Waals surface area contributed by atoms with Gasteiger partial charge in [0.2, 0.25) is 0 Å². The molecule has 0 unspecified atom stereocenters. The molecule has 0 fully saturated rings. The van der Waals surface area contributed by atoms with Crippen LogP contribution >= 0.6 is 0 Å². The zero-order valence-electron chi connectivity index (χ0n) is 3.40. The molecule has 0 saturated carbocycles. The minimum atomic E-state index is -0.745. The zero-order chi connectivity index (χ0) is 4.28. The summed E-state index contributed by atoms with van der Waals surface area (Å²) in [7, 11) is 0. The summed E-state index contributed by atoms with van der Waals surface area (Å²) in [5, 5.41) is 7.72. The van der Waals surface area contributed by atoms with Gasteiger partial charge in [0.15, 0.2) is 0 Å². The molecule has 0 saturated heterocycles. The molecular weight excluding hydrogens is 260 g/mol. The van der Waals surface area contributed by atoms with E-state index in [4.69, 9.17) is 5.11 Å². The third kappa shape index (κ3) is 8.92. The average molecular weight is 266 g/mol. The number of carbonyl (C=O) groups is 1. The summed E-state index contributed by atoms with van der Waals surface area (Å²) < 4.78 is 0. The van der Waals surface area contributed by atoms with Crippen molar-refractivity contribution in [1.82, 2.24) is 0 Å². The van der Waals surface area contributed by atoms with Gasteiger partial charge in [-0.05, 0) is 0 Å². The Bertz CT molecular complexity index is 44.1. The van der Waals surface area contributed by atoms with Crippen LogP contribution in [0.4, 0.5) is 0 Å². The van der Waals surface area contributed by atoms with Gasteiger partial charge in [0.05, 0.1) is 0 Å². The normalized spacial score (nSPS) is 6.17. The number of carboxylic acids is 1. The molecule has 0 bridgehead atoms. The van der Waals surface area contributed by atoms with Crippen molar-refractivity contribution >= 4 is 5.97 Å². The summed E-state index contributed by atoms with van der Waals surface area (Å²) in [6.45, 7) is 1.60. The second-order valence-electron chi connectivity index (χ2n) is 0.747. The molecule has 39 valence electrons. The minimum Gasteiger partial charge on any atom is -0.481 e. The number of hydrogen-bond donors (Lipinski definition) is 1. The topological polar surface area (TPSA) is 37.3 Å². The van der Waals surface area contributed by atoms with Gasteiger partial charge in [0, 0.05) is 26.5 Å². The van der Waals surface area contributed by atoms with Crippen LogP contribution in [-0.2, 0) is 24.9 Å². The smallest absolute Gasteiger partial charge is 0.303 e. The third-order valence-electron chi connectivity index (χ3n) is 0.302. The fourth-order valence-electron chi connectivity index (χ4n) is 0. The van der Waals surface area contributed by atoms with Crippen LogP contribution in [0.2, 0.25) is 0 Å². The molecular formula is C3H6IrO2. The van der Waals surface area contributed by atoms with Gasteiger partial charge in [0.1, 0.15) is 0 Å². The molecule has 2 nitrogen and oxygen atoms in total. The van der Waals surface area contributed by atoms with Gasteiger partial charge in [-0.25, -0.2) is 0 Å². The Hall–Kier alpha value is 0.119. The maximum absolute atomic E-state index is 9.37. The quantitative estimate of drug-likeness (QED) is 0.749. The van der Waals surface area contributed by atoms with Crippen LogP contribution in [0.25, 0.3) is 0 Å². The van der Waals surface area contributed by atoms with Gasteiger partial charge in [-0.2, -0.15) is 0 Å². The molecule has 0 aromatic carbocycles. The molecule has 1 N–H and O–H groups in total. The Morgan fingerprint density at radius 3 is 2.00 bits per heavy atom. The molecule has 0 heterocycles. The molecule has 0 aliphatic heterocycles. The van der Waals surface area contributed by atoms with Gasteiger partial charge in [0.25, 0.3) is 0 Å². The predicted octanol–water partition coefficient (Wildman–Crippen LogP) is 0.478. The summed E-state index contributed by atoms with van der Waals surface area (Å²) >= 11 is 0. The first kappa shape index (κ1) is 9.45. The van der Waals surface area contributed by atoms with Crippen molar-refractivity contribution in [2.45, 2.75) is 13.3 Å². The van der Waals surface area contributed by atoms with Gasteiger partial charge in [-0.3, -0.25) is 4.79 Å². The van der Waals surface area contributed by atoms with E-state index in [0.717, 1.165) is 0 Å². The zero-order valence-corrected chi connectivity index (χ0v) is 5.79. The van der Waals surface area contributed by atoms with Gasteiger partial charge < -0.3 is 5.11 Å². The van der Waals surface area contributed by atoms with E-state index < -0.39 is 5.97 Å². The second-order valence-corrected chi connectivity index (χ2v) is 0.747. The summed E-state index contributed by atoms with van der Waals surface area (Å²) in [5.41, 5.74) is 0. The van der Waals surface area contributed by atoms with Gasteiger partial charge >= 0.3 is 5.97 Å². The van der Waals surface area contributed by atoms with Crippen LogP contribution < -0.4 is 0 Å². The van der Waals surface area contributed by atoms with Crippen LogP contribution in [0.5, 0.6) is 0 Å². The molecule has 0 aromatic heterocycles. The Labute approximate surface area is 49.9 Å². The van der Waals surface area contributed by atoms with E-state index in [1.165, 1.54) is 0 Å². The van der Waals surface area contributed by atoms with E-state index in [-0.39, 0.29) is 26.5 Å². The Kier molecular flexibility index (Phi) is 8.06. The maximum atomic E-state index is 9.37. The third-order valence-corrected chi connectivity index (χ3v) is 0.302. The summed E-state index contributed by atoms with van der Waals surface area (Å²) in [6, 6.07) is 0. The first-order valence-electron chi connectivity index (χ1n) is 1.49. The second kappa shape index (κ2) is 5.12. The number of aliphatic carboxylic acids is 1. The fourth-order valence-corrected chi connectivity index (χ4v) is 0. The van der Waals surface area contributed by atoms with E-state index in [2.05, 4.69) is 0 Å². The summed E-state index contributed by atoms with van der Waals surface area (Å²) in [6.07, 6.45) is 0.222. The minimum absolute atomic E-state index is 0. The van der Waals surface area contributed by atoms with Crippen LogP contribution in [0.3, 0.4) is 0 Å². The van der Waals surface area contributed by atoms with E-state index in [0.29, 0.717) is 0 Å². The van der Waals surface area contributed by atoms with Crippen molar-refractivity contribution in [2.75, 3.05) is 0 Å². The average Bonchev–Trinajstić information content (AvgIpc) is 1.38. The van der Waals surface area contributed by atoms with Crippen molar-refractivity contribution in [3.8, 4) is 0 Å². The molecule has 1 radical (unpaired) electrons. The van der Waals surface area contributed by atoms with Crippen molar-refractivity contribution in [1.29, 1.82) is 0 Å². The largest absolute Gasteiger partial charge is 0.481 e. The number of rotatable bonds is 1. The van der Waals surface area contributed by atoms with Crippen molar-refractivity contribution in [3.05, 3.63) is 0 Å². The van der Waals surface area contributed by atoms with Crippen LogP contribution in [0.1, 0.15) is 13.3 Å². The molecule has 3 heteroatoms. The predicted molar refractivity (Wildman–Crippen MR) is 17.9 cm³/mol. The molecule has 0 aliphatic carbocycles. The molecule has 6 heavy (non-hydrogen) atoms. The van der Waals surface area contributed by atoms with E-state index in [1.807, 2.05) is 0 Å². The molecule has 0 rings (SSSR count). The van der Waals surface area contributed by atoms with Crippen molar-refractivity contribution < 1.29 is 30.0 Å². The SMILES string of the molecule is CCC(=O)O.[Ir]. The van der Waals surface area contributed by atoms with Gasteiger partial charge in [-0.1, -0.05) is 6.92 Å². The molecule has 0 aromatic rings. The Morgan fingerprint density at radius 2 is 2.00 bits per heavy atom. The molecule has 0 atom stereocenters. The Balaban J connectivity index is 0. The first-order valence-corrected chi connectivity index (χ1v) is 1.49. The van der Waals surface area contributed by atoms with E-state index in [1.54, 1.807) is 6.92 Å². The fraction of sp³-hybridized carbons (Fsp3) is 0.667. The maximum Gasteiger partial charge on any atom is 0.303 e. The standard InChI is InChI=1S/C3H6O2.Ir/c1-2-3(4)5;/h2H2,1H3,(H,4,5);. The number of hydrogen-bond acceptors (Lipinski definition) is 1. The molecule has 0 aliphatic rings. The van der Waals surface area contributed by atoms with Crippen LogP contribution in [0, 0.1) is 0 Å². The first-order chi connectivity index (χ1) is 2.27. The van der Waals surface area contributed by atoms with E-state index in [9.17, 15) is 4.79 Å². The van der Waals surface area contributed by atoms with Crippen LogP contribution in [0.15, 0.2) is 0 Å². The van der Waals surface area contributed by atoms with Gasteiger partial charge in [-0.15, -0.1) is 0 Å². The molecule has 0 amide bonds. The Morgan fingerprint density at radius 1 is 1.83 bits per heavy atom. The summed E-state index contributed by atoms with van der Waals surface area (Å²) in [5.74, 6) is -0.745. The van der Waals surface area contributed by atoms with Crippen molar-refractivity contribution in [2.24, 2.45) is 0 Å². The van der Waals surface area contributed by atoms with E-state index >= 15 is 0 Å². The number of carboxylic acid groups (broad SMARTS) is 1. The molecule has 0 spiro atoms. The van der Waals surface area contributed by atoms with Crippen molar-refractivity contribution in [3.63, 3.8) is 0 Å². The monoisotopic (exact) mass is 267 g/mol. The summed E-state index contributed by atoms with van der Waals surface area (Å²) in [4.78, 5) is 9.37.